The molecule has 7 heteroatoms. The molecule has 0 spiro atoms. The number of carbonyl (C=O) groups is 2. The van der Waals surface area contributed by atoms with Crippen LogP contribution >= 0.6 is 15.9 Å². The van der Waals surface area contributed by atoms with Crippen molar-refractivity contribution in [3.8, 4) is 0 Å². The molecule has 132 valence electrons. The zero-order chi connectivity index (χ0) is 17.4. The van der Waals surface area contributed by atoms with E-state index in [1.165, 1.54) is 0 Å². The molecular weight excluding hydrogens is 374 g/mol. The summed E-state index contributed by atoms with van der Waals surface area (Å²) in [5.74, 6) is -0.784. The van der Waals surface area contributed by atoms with Crippen LogP contribution in [0.25, 0.3) is 0 Å². The minimum absolute atomic E-state index is 0.0320. The fourth-order valence-corrected chi connectivity index (χ4v) is 3.55. The number of amides is 1. The Morgan fingerprint density at radius 3 is 2.50 bits per heavy atom. The molecular formula is C17H24BrN3O3. The first kappa shape index (κ1) is 18.9. The summed E-state index contributed by atoms with van der Waals surface area (Å²) in [4.78, 5) is 22.7. The van der Waals surface area contributed by atoms with Gasteiger partial charge in [-0.2, -0.15) is 0 Å². The van der Waals surface area contributed by atoms with Crippen molar-refractivity contribution >= 4 is 27.8 Å². The summed E-state index contributed by atoms with van der Waals surface area (Å²) in [6.07, 6.45) is 3.58. The predicted octanol–water partition coefficient (Wildman–Crippen LogP) is 2.12. The molecule has 1 heterocycles. The van der Waals surface area contributed by atoms with Crippen molar-refractivity contribution in [1.29, 1.82) is 0 Å². The Kier molecular flexibility index (Phi) is 7.68. The van der Waals surface area contributed by atoms with Gasteiger partial charge in [-0.25, -0.2) is 10.9 Å². The molecule has 3 unspecified atom stereocenters. The van der Waals surface area contributed by atoms with Gasteiger partial charge in [-0.1, -0.05) is 59.1 Å². The standard InChI is InChI=1S/C17H24BrN3O3/c18-14-15(12-8-4-3-5-9-12)20-21-16(14)17(24)19-11-7-2-1-6-10-13(22)23/h3-5,8-9,14-16,20-21H,1-2,6-7,10-11H2,(H,19,24)(H,22,23). The first-order valence-electron chi connectivity index (χ1n) is 8.29. The quantitative estimate of drug-likeness (QED) is 0.378. The molecule has 4 N–H and O–H groups in total. The highest BCUT2D eigenvalue weighted by molar-refractivity contribution is 9.09. The number of hydrogen-bond acceptors (Lipinski definition) is 4. The third kappa shape index (κ3) is 5.58. The monoisotopic (exact) mass is 397 g/mol. The fourth-order valence-electron chi connectivity index (χ4n) is 2.75. The average molecular weight is 398 g/mol. The molecule has 0 aliphatic carbocycles. The lowest BCUT2D eigenvalue weighted by molar-refractivity contribution is -0.137. The lowest BCUT2D eigenvalue weighted by atomic mass is 10.0. The van der Waals surface area contributed by atoms with Gasteiger partial charge in [-0.05, 0) is 18.4 Å². The van der Waals surface area contributed by atoms with Gasteiger partial charge in [-0.15, -0.1) is 0 Å². The van der Waals surface area contributed by atoms with Crippen LogP contribution in [0.1, 0.15) is 43.7 Å². The number of carbonyl (C=O) groups excluding carboxylic acids is 1. The maximum Gasteiger partial charge on any atom is 0.303 e. The molecule has 1 fully saturated rings. The third-order valence-electron chi connectivity index (χ3n) is 4.09. The van der Waals surface area contributed by atoms with E-state index in [-0.39, 0.29) is 29.2 Å². The minimum Gasteiger partial charge on any atom is -0.481 e. The Morgan fingerprint density at radius 1 is 1.08 bits per heavy atom. The number of unbranched alkanes of at least 4 members (excludes halogenated alkanes) is 3. The largest absolute Gasteiger partial charge is 0.481 e. The Labute approximate surface area is 150 Å². The Balaban J connectivity index is 1.67. The molecule has 1 saturated heterocycles. The van der Waals surface area contributed by atoms with E-state index in [4.69, 9.17) is 5.11 Å². The van der Waals surface area contributed by atoms with Gasteiger partial charge >= 0.3 is 5.97 Å². The van der Waals surface area contributed by atoms with Crippen LogP contribution in [-0.2, 0) is 9.59 Å². The second-order valence-electron chi connectivity index (χ2n) is 5.95. The molecule has 0 aromatic heterocycles. The summed E-state index contributed by atoms with van der Waals surface area (Å²) >= 11 is 3.62. The summed E-state index contributed by atoms with van der Waals surface area (Å²) in [5, 5.41) is 11.5. The SMILES string of the molecule is O=C(O)CCCCCCNC(=O)C1NNC(c2ccccc2)C1Br. The number of rotatable bonds is 9. The van der Waals surface area contributed by atoms with Gasteiger partial charge in [0.15, 0.2) is 0 Å². The molecule has 1 aliphatic heterocycles. The Morgan fingerprint density at radius 2 is 1.79 bits per heavy atom. The van der Waals surface area contributed by atoms with Crippen LogP contribution in [0.4, 0.5) is 0 Å². The van der Waals surface area contributed by atoms with E-state index < -0.39 is 5.97 Å². The zero-order valence-corrected chi connectivity index (χ0v) is 15.1. The lowest BCUT2D eigenvalue weighted by Gasteiger charge is -2.17. The van der Waals surface area contributed by atoms with E-state index in [0.717, 1.165) is 24.8 Å². The highest BCUT2D eigenvalue weighted by atomic mass is 79.9. The maximum absolute atomic E-state index is 12.3. The van der Waals surface area contributed by atoms with Crippen molar-refractivity contribution in [2.24, 2.45) is 0 Å². The van der Waals surface area contributed by atoms with E-state index in [1.54, 1.807) is 0 Å². The number of carboxylic acid groups (broad SMARTS) is 1. The van der Waals surface area contributed by atoms with E-state index >= 15 is 0 Å². The molecule has 1 amide bonds. The molecule has 3 atom stereocenters. The minimum atomic E-state index is -0.751. The summed E-state index contributed by atoms with van der Waals surface area (Å²) < 4.78 is 0. The fraction of sp³-hybridized carbons (Fsp3) is 0.529. The van der Waals surface area contributed by atoms with Crippen molar-refractivity contribution in [3.63, 3.8) is 0 Å². The summed E-state index contributed by atoms with van der Waals surface area (Å²) in [7, 11) is 0. The molecule has 0 bridgehead atoms. The first-order valence-corrected chi connectivity index (χ1v) is 9.20. The number of hydrazine groups is 1. The van der Waals surface area contributed by atoms with Crippen molar-refractivity contribution in [1.82, 2.24) is 16.2 Å². The van der Waals surface area contributed by atoms with Gasteiger partial charge < -0.3 is 10.4 Å². The van der Waals surface area contributed by atoms with E-state index in [0.29, 0.717) is 13.0 Å². The van der Waals surface area contributed by atoms with Crippen LogP contribution in [0, 0.1) is 0 Å². The number of hydrogen-bond donors (Lipinski definition) is 4. The zero-order valence-electron chi connectivity index (χ0n) is 13.5. The number of carboxylic acids is 1. The highest BCUT2D eigenvalue weighted by Gasteiger charge is 2.38. The van der Waals surface area contributed by atoms with Crippen molar-refractivity contribution in [3.05, 3.63) is 35.9 Å². The van der Waals surface area contributed by atoms with Gasteiger partial charge in [0.25, 0.3) is 0 Å². The van der Waals surface area contributed by atoms with Crippen LogP contribution in [0.2, 0.25) is 0 Å². The van der Waals surface area contributed by atoms with Gasteiger partial charge in [0.1, 0.15) is 6.04 Å². The van der Waals surface area contributed by atoms with Crippen molar-refractivity contribution in [2.75, 3.05) is 6.54 Å². The van der Waals surface area contributed by atoms with E-state index in [9.17, 15) is 9.59 Å². The number of aliphatic carboxylic acids is 1. The van der Waals surface area contributed by atoms with Gasteiger partial charge in [-0.3, -0.25) is 9.59 Å². The normalized spacial score (nSPS) is 23.1. The van der Waals surface area contributed by atoms with Crippen LogP contribution < -0.4 is 16.2 Å². The van der Waals surface area contributed by atoms with E-state index in [1.807, 2.05) is 30.3 Å². The van der Waals surface area contributed by atoms with Crippen molar-refractivity contribution in [2.45, 2.75) is 49.0 Å². The van der Waals surface area contributed by atoms with Crippen LogP contribution in [0.5, 0.6) is 0 Å². The second kappa shape index (κ2) is 9.76. The third-order valence-corrected chi connectivity index (χ3v) is 5.15. The number of nitrogens with one attached hydrogen (secondary N) is 3. The average Bonchev–Trinajstić information content (AvgIpc) is 2.96. The Bertz CT molecular complexity index is 541. The molecule has 1 aliphatic rings. The number of alkyl halides is 1. The summed E-state index contributed by atoms with van der Waals surface area (Å²) in [6.45, 7) is 0.611. The van der Waals surface area contributed by atoms with Crippen LogP contribution in [0.15, 0.2) is 30.3 Å². The topological polar surface area (TPSA) is 90.5 Å². The molecule has 1 aromatic carbocycles. The Hall–Kier alpha value is -1.44. The molecule has 24 heavy (non-hydrogen) atoms. The maximum atomic E-state index is 12.3. The lowest BCUT2D eigenvalue weighted by Crippen LogP contribution is -2.46. The molecule has 0 radical (unpaired) electrons. The van der Waals surface area contributed by atoms with Gasteiger partial charge in [0, 0.05) is 13.0 Å². The van der Waals surface area contributed by atoms with Crippen molar-refractivity contribution < 1.29 is 14.7 Å². The number of benzene rings is 1. The van der Waals surface area contributed by atoms with E-state index in [2.05, 4.69) is 32.1 Å². The molecule has 0 saturated carbocycles. The summed E-state index contributed by atoms with van der Waals surface area (Å²) in [6, 6.07) is 9.70. The van der Waals surface area contributed by atoms with Crippen LogP contribution in [0.3, 0.4) is 0 Å². The predicted molar refractivity (Wildman–Crippen MR) is 95.7 cm³/mol. The first-order chi connectivity index (χ1) is 11.6. The summed E-state index contributed by atoms with van der Waals surface area (Å²) in [5.41, 5.74) is 7.35. The smallest absolute Gasteiger partial charge is 0.303 e. The second-order valence-corrected chi connectivity index (χ2v) is 7.01. The van der Waals surface area contributed by atoms with Gasteiger partial charge in [0.2, 0.25) is 5.91 Å². The highest BCUT2D eigenvalue weighted by Crippen LogP contribution is 2.28. The molecule has 2 rings (SSSR count). The van der Waals surface area contributed by atoms with Crippen LogP contribution in [-0.4, -0.2) is 34.4 Å². The number of halogens is 1. The molecule has 1 aromatic rings. The van der Waals surface area contributed by atoms with Gasteiger partial charge in [0.05, 0.1) is 10.9 Å². The molecule has 6 nitrogen and oxygen atoms in total.